The van der Waals surface area contributed by atoms with Crippen LogP contribution >= 0.6 is 0 Å². The van der Waals surface area contributed by atoms with Gasteiger partial charge >= 0.3 is 0 Å². The highest BCUT2D eigenvalue weighted by Gasteiger charge is 2.24. The molecule has 0 amide bonds. The van der Waals surface area contributed by atoms with E-state index in [2.05, 4.69) is 16.0 Å². The lowest BCUT2D eigenvalue weighted by Gasteiger charge is -2.09. The van der Waals surface area contributed by atoms with Gasteiger partial charge in [0.2, 0.25) is 0 Å². The van der Waals surface area contributed by atoms with E-state index in [1.54, 1.807) is 0 Å². The standard InChI is InChI=1S/C15H22N2O/c18-15(12-5-1-2-6-12)11-13-9-10-17(16-13)14-7-3-4-8-14/h9-10,12,14H,1-8,11H2. The number of carbonyl (C=O) groups is 1. The average molecular weight is 246 g/mol. The van der Waals surface area contributed by atoms with Crippen LogP contribution < -0.4 is 0 Å². The Morgan fingerprint density at radius 2 is 1.83 bits per heavy atom. The highest BCUT2D eigenvalue weighted by Crippen LogP contribution is 2.29. The average Bonchev–Trinajstić information content (AvgIpc) is 3.12. The molecule has 2 fully saturated rings. The van der Waals surface area contributed by atoms with E-state index in [-0.39, 0.29) is 0 Å². The second-order valence-electron chi connectivity index (χ2n) is 5.85. The third-order valence-corrected chi connectivity index (χ3v) is 4.53. The van der Waals surface area contributed by atoms with Gasteiger partial charge in [0.1, 0.15) is 5.78 Å². The van der Waals surface area contributed by atoms with Crippen LogP contribution in [0.2, 0.25) is 0 Å². The molecule has 3 nitrogen and oxygen atoms in total. The number of ketones is 1. The van der Waals surface area contributed by atoms with Crippen molar-refractivity contribution in [3.05, 3.63) is 18.0 Å². The third-order valence-electron chi connectivity index (χ3n) is 4.53. The zero-order valence-electron chi connectivity index (χ0n) is 11.0. The Kier molecular flexibility index (Phi) is 3.48. The maximum absolute atomic E-state index is 12.1. The highest BCUT2D eigenvalue weighted by atomic mass is 16.1. The van der Waals surface area contributed by atoms with Crippen molar-refractivity contribution in [1.29, 1.82) is 0 Å². The van der Waals surface area contributed by atoms with E-state index in [0.717, 1.165) is 18.5 Å². The SMILES string of the molecule is O=C(Cc1ccn(C2CCCC2)n1)C1CCCC1. The van der Waals surface area contributed by atoms with Gasteiger partial charge in [0.15, 0.2) is 0 Å². The molecule has 0 aromatic carbocycles. The van der Waals surface area contributed by atoms with E-state index in [1.165, 1.54) is 38.5 Å². The van der Waals surface area contributed by atoms with Crippen molar-refractivity contribution < 1.29 is 4.79 Å². The lowest BCUT2D eigenvalue weighted by Crippen LogP contribution is -2.14. The summed E-state index contributed by atoms with van der Waals surface area (Å²) >= 11 is 0. The fourth-order valence-electron chi connectivity index (χ4n) is 3.41. The molecule has 2 aliphatic carbocycles. The van der Waals surface area contributed by atoms with Crippen molar-refractivity contribution >= 4 is 5.78 Å². The normalized spacial score (nSPS) is 21.8. The molecule has 0 unspecified atom stereocenters. The third kappa shape index (κ3) is 2.50. The molecule has 0 spiro atoms. The van der Waals surface area contributed by atoms with Crippen molar-refractivity contribution in [2.24, 2.45) is 5.92 Å². The second kappa shape index (κ2) is 5.25. The number of carbonyl (C=O) groups excluding carboxylic acids is 1. The fourth-order valence-corrected chi connectivity index (χ4v) is 3.41. The van der Waals surface area contributed by atoms with Crippen molar-refractivity contribution in [3.63, 3.8) is 0 Å². The summed E-state index contributed by atoms with van der Waals surface area (Å²) in [6.07, 6.45) is 12.4. The van der Waals surface area contributed by atoms with E-state index >= 15 is 0 Å². The van der Waals surface area contributed by atoms with Crippen LogP contribution in [0, 0.1) is 5.92 Å². The van der Waals surface area contributed by atoms with Gasteiger partial charge in [0.25, 0.3) is 0 Å². The number of nitrogens with zero attached hydrogens (tertiary/aromatic N) is 2. The summed E-state index contributed by atoms with van der Waals surface area (Å²) in [5.74, 6) is 0.728. The molecule has 0 bridgehead atoms. The summed E-state index contributed by atoms with van der Waals surface area (Å²) in [6.45, 7) is 0. The van der Waals surface area contributed by atoms with E-state index in [0.29, 0.717) is 24.2 Å². The molecule has 0 saturated heterocycles. The first-order valence-corrected chi connectivity index (χ1v) is 7.39. The lowest BCUT2D eigenvalue weighted by atomic mass is 9.99. The Balaban J connectivity index is 1.60. The molecule has 3 heteroatoms. The molecule has 98 valence electrons. The molecule has 1 heterocycles. The Morgan fingerprint density at radius 1 is 1.17 bits per heavy atom. The summed E-state index contributed by atoms with van der Waals surface area (Å²) in [6, 6.07) is 2.62. The van der Waals surface area contributed by atoms with Crippen molar-refractivity contribution in [1.82, 2.24) is 9.78 Å². The number of rotatable bonds is 4. The molecule has 0 aliphatic heterocycles. The Labute approximate surface area is 109 Å². The van der Waals surface area contributed by atoms with Crippen molar-refractivity contribution in [2.75, 3.05) is 0 Å². The molecule has 1 aromatic heterocycles. The predicted octanol–water partition coefficient (Wildman–Crippen LogP) is 3.30. The molecule has 2 saturated carbocycles. The lowest BCUT2D eigenvalue weighted by molar-refractivity contribution is -0.122. The van der Waals surface area contributed by atoms with Gasteiger partial charge in [-0.2, -0.15) is 5.10 Å². The Morgan fingerprint density at radius 3 is 2.56 bits per heavy atom. The van der Waals surface area contributed by atoms with Crippen LogP contribution in [0.1, 0.15) is 63.1 Å². The zero-order chi connectivity index (χ0) is 12.4. The molecule has 2 aliphatic rings. The number of hydrogen-bond acceptors (Lipinski definition) is 2. The maximum Gasteiger partial charge on any atom is 0.141 e. The van der Waals surface area contributed by atoms with E-state index in [1.807, 2.05) is 6.07 Å². The second-order valence-corrected chi connectivity index (χ2v) is 5.85. The molecule has 18 heavy (non-hydrogen) atoms. The minimum absolute atomic E-state index is 0.321. The fraction of sp³-hybridized carbons (Fsp3) is 0.733. The van der Waals surface area contributed by atoms with Gasteiger partial charge in [-0.3, -0.25) is 9.48 Å². The summed E-state index contributed by atoms with van der Waals surface area (Å²) in [5.41, 5.74) is 0.971. The monoisotopic (exact) mass is 246 g/mol. The predicted molar refractivity (Wildman–Crippen MR) is 70.4 cm³/mol. The van der Waals surface area contributed by atoms with Crippen molar-refractivity contribution in [2.45, 2.75) is 63.8 Å². The molecule has 0 radical (unpaired) electrons. The van der Waals surface area contributed by atoms with Gasteiger partial charge in [-0.25, -0.2) is 0 Å². The molecular weight excluding hydrogens is 224 g/mol. The largest absolute Gasteiger partial charge is 0.299 e. The van der Waals surface area contributed by atoms with Crippen LogP contribution in [0.5, 0.6) is 0 Å². The quantitative estimate of drug-likeness (QED) is 0.817. The summed E-state index contributed by atoms with van der Waals surface area (Å²) in [7, 11) is 0. The smallest absolute Gasteiger partial charge is 0.141 e. The van der Waals surface area contributed by atoms with Gasteiger partial charge < -0.3 is 0 Å². The number of hydrogen-bond donors (Lipinski definition) is 0. The van der Waals surface area contributed by atoms with Gasteiger partial charge in [-0.1, -0.05) is 25.7 Å². The first-order valence-electron chi connectivity index (χ1n) is 7.39. The first kappa shape index (κ1) is 11.9. The van der Waals surface area contributed by atoms with E-state index < -0.39 is 0 Å². The van der Waals surface area contributed by atoms with Crippen LogP contribution in [0.3, 0.4) is 0 Å². The molecule has 0 atom stereocenters. The van der Waals surface area contributed by atoms with Crippen LogP contribution in [-0.2, 0) is 11.2 Å². The van der Waals surface area contributed by atoms with E-state index in [4.69, 9.17) is 0 Å². The van der Waals surface area contributed by atoms with E-state index in [9.17, 15) is 4.79 Å². The van der Waals surface area contributed by atoms with Crippen LogP contribution in [0.4, 0.5) is 0 Å². The topological polar surface area (TPSA) is 34.9 Å². The van der Waals surface area contributed by atoms with Crippen LogP contribution in [-0.4, -0.2) is 15.6 Å². The summed E-state index contributed by atoms with van der Waals surface area (Å²) in [4.78, 5) is 12.1. The Hall–Kier alpha value is -1.12. The molecular formula is C15H22N2O. The van der Waals surface area contributed by atoms with Gasteiger partial charge in [-0.15, -0.1) is 0 Å². The van der Waals surface area contributed by atoms with Gasteiger partial charge in [0, 0.05) is 12.1 Å². The first-order chi connectivity index (χ1) is 8.83. The molecule has 0 N–H and O–H groups in total. The summed E-state index contributed by atoms with van der Waals surface area (Å²) < 4.78 is 2.09. The minimum atomic E-state index is 0.321. The number of Topliss-reactive ketones (excluding diaryl/α,β-unsaturated/α-hetero) is 1. The number of aromatic nitrogens is 2. The molecule has 3 rings (SSSR count). The maximum atomic E-state index is 12.1. The van der Waals surface area contributed by atoms with Crippen molar-refractivity contribution in [3.8, 4) is 0 Å². The van der Waals surface area contributed by atoms with Crippen LogP contribution in [0.15, 0.2) is 12.3 Å². The highest BCUT2D eigenvalue weighted by molar-refractivity contribution is 5.83. The minimum Gasteiger partial charge on any atom is -0.299 e. The molecule has 1 aromatic rings. The van der Waals surface area contributed by atoms with Crippen LogP contribution in [0.25, 0.3) is 0 Å². The van der Waals surface area contributed by atoms with Gasteiger partial charge in [0.05, 0.1) is 18.2 Å². The summed E-state index contributed by atoms with van der Waals surface area (Å²) in [5, 5.41) is 4.60. The zero-order valence-corrected chi connectivity index (χ0v) is 11.0. The van der Waals surface area contributed by atoms with Gasteiger partial charge in [-0.05, 0) is 31.7 Å². The Bertz CT molecular complexity index is 412.